The summed E-state index contributed by atoms with van der Waals surface area (Å²) < 4.78 is 30.0. The van der Waals surface area contributed by atoms with Gasteiger partial charge in [0, 0.05) is 11.8 Å². The average Bonchev–Trinajstić information content (AvgIpc) is 3.21. The Morgan fingerprint density at radius 3 is 2.60 bits per heavy atom. The highest BCUT2D eigenvalue weighted by atomic mass is 19.1. The quantitative estimate of drug-likeness (QED) is 0.782. The van der Waals surface area contributed by atoms with E-state index in [4.69, 9.17) is 19.6 Å². The molecule has 1 fully saturated rings. The Labute approximate surface area is 172 Å². The summed E-state index contributed by atoms with van der Waals surface area (Å²) in [6.07, 6.45) is -2.38. The van der Waals surface area contributed by atoms with E-state index in [1.54, 1.807) is 39.0 Å². The number of likely N-dealkylation sites (tertiary alicyclic amines) is 1. The molecule has 1 saturated heterocycles. The lowest BCUT2D eigenvalue weighted by Gasteiger charge is -2.27. The smallest absolute Gasteiger partial charge is 0.411 e. The van der Waals surface area contributed by atoms with Gasteiger partial charge < -0.3 is 24.9 Å². The minimum atomic E-state index is -1.38. The Morgan fingerprint density at radius 1 is 1.30 bits per heavy atom. The molecule has 1 aromatic heterocycles. The van der Waals surface area contributed by atoms with Crippen molar-refractivity contribution in [3.63, 3.8) is 0 Å². The molecule has 9 nitrogen and oxygen atoms in total. The number of primary amides is 1. The van der Waals surface area contributed by atoms with Gasteiger partial charge in [-0.15, -0.1) is 0 Å². The van der Waals surface area contributed by atoms with Crippen molar-refractivity contribution >= 4 is 34.6 Å². The molecule has 3 amide bonds. The molecule has 3 N–H and O–H groups in total. The Balaban J connectivity index is 1.92. The predicted octanol–water partition coefficient (Wildman–Crippen LogP) is 2.83. The van der Waals surface area contributed by atoms with Crippen LogP contribution in [0.3, 0.4) is 0 Å². The van der Waals surface area contributed by atoms with E-state index in [1.165, 1.54) is 7.11 Å². The van der Waals surface area contributed by atoms with Gasteiger partial charge >= 0.3 is 6.09 Å². The Kier molecular flexibility index (Phi) is 5.60. The van der Waals surface area contributed by atoms with Crippen molar-refractivity contribution in [3.05, 3.63) is 24.0 Å². The van der Waals surface area contributed by atoms with Crippen molar-refractivity contribution in [1.29, 1.82) is 0 Å². The first-order valence-corrected chi connectivity index (χ1v) is 9.35. The maximum absolute atomic E-state index is 14.1. The third kappa shape index (κ3) is 4.32. The van der Waals surface area contributed by atoms with Crippen LogP contribution in [0.4, 0.5) is 14.9 Å². The van der Waals surface area contributed by atoms with Gasteiger partial charge in [0.25, 0.3) is 5.91 Å². The molecule has 2 aromatic rings. The van der Waals surface area contributed by atoms with Crippen LogP contribution in [0.25, 0.3) is 11.0 Å². The number of halogens is 1. The molecule has 2 unspecified atom stereocenters. The summed E-state index contributed by atoms with van der Waals surface area (Å²) >= 11 is 0. The molecule has 162 valence electrons. The molecule has 0 spiro atoms. The maximum Gasteiger partial charge on any atom is 0.411 e. The summed E-state index contributed by atoms with van der Waals surface area (Å²) in [7, 11) is 1.47. The monoisotopic (exact) mass is 421 g/mol. The number of hydrogen-bond donors (Lipinski definition) is 2. The van der Waals surface area contributed by atoms with Gasteiger partial charge in [0.2, 0.25) is 11.7 Å². The van der Waals surface area contributed by atoms with Crippen LogP contribution in [-0.4, -0.2) is 54.3 Å². The number of nitrogens with two attached hydrogens (primary N) is 1. The lowest BCUT2D eigenvalue weighted by atomic mass is 10.1. The van der Waals surface area contributed by atoms with E-state index < -0.39 is 35.7 Å². The van der Waals surface area contributed by atoms with Gasteiger partial charge in [0.1, 0.15) is 34.8 Å². The van der Waals surface area contributed by atoms with Gasteiger partial charge in [-0.05, 0) is 39.0 Å². The predicted molar refractivity (Wildman–Crippen MR) is 106 cm³/mol. The number of ether oxygens (including phenoxy) is 2. The number of amides is 3. The highest BCUT2D eigenvalue weighted by Crippen LogP contribution is 2.34. The molecular formula is C20H24FN3O6. The number of alkyl halides is 1. The van der Waals surface area contributed by atoms with E-state index in [9.17, 15) is 18.8 Å². The van der Waals surface area contributed by atoms with Gasteiger partial charge in [-0.25, -0.2) is 9.18 Å². The van der Waals surface area contributed by atoms with Gasteiger partial charge in [-0.1, -0.05) is 0 Å². The molecule has 0 saturated carbocycles. The fourth-order valence-electron chi connectivity index (χ4n) is 3.26. The topological polar surface area (TPSA) is 124 Å². The molecule has 0 aliphatic carbocycles. The highest BCUT2D eigenvalue weighted by molar-refractivity contribution is 6.11. The SMILES string of the molecule is COc1ccc2oc(C(N)=O)c(NC(=O)C3CC(F)CN3C(=O)OC(C)(C)C)c2c1. The Hall–Kier alpha value is -3.30. The summed E-state index contributed by atoms with van der Waals surface area (Å²) in [5.41, 5.74) is 4.92. The highest BCUT2D eigenvalue weighted by Gasteiger charge is 2.42. The van der Waals surface area contributed by atoms with Crippen LogP contribution >= 0.6 is 0 Å². The van der Waals surface area contributed by atoms with Crippen molar-refractivity contribution in [3.8, 4) is 5.75 Å². The van der Waals surface area contributed by atoms with Crippen molar-refractivity contribution in [1.82, 2.24) is 4.90 Å². The van der Waals surface area contributed by atoms with Gasteiger partial charge in [-0.2, -0.15) is 0 Å². The Bertz CT molecular complexity index is 996. The van der Waals surface area contributed by atoms with Crippen molar-refractivity contribution in [2.75, 3.05) is 19.0 Å². The summed E-state index contributed by atoms with van der Waals surface area (Å²) in [4.78, 5) is 38.3. The van der Waals surface area contributed by atoms with Crippen LogP contribution in [0.2, 0.25) is 0 Å². The third-order valence-corrected chi connectivity index (χ3v) is 4.55. The number of carbonyl (C=O) groups excluding carboxylic acids is 3. The zero-order valence-corrected chi connectivity index (χ0v) is 17.2. The second-order valence-electron chi connectivity index (χ2n) is 8.00. The fraction of sp³-hybridized carbons (Fsp3) is 0.450. The van der Waals surface area contributed by atoms with Gasteiger partial charge in [0.15, 0.2) is 0 Å². The van der Waals surface area contributed by atoms with E-state index in [1.807, 2.05) is 0 Å². The van der Waals surface area contributed by atoms with Crippen LogP contribution in [0.15, 0.2) is 22.6 Å². The molecule has 2 heterocycles. The second-order valence-corrected chi connectivity index (χ2v) is 8.00. The molecule has 1 aliphatic rings. The van der Waals surface area contributed by atoms with Gasteiger partial charge in [-0.3, -0.25) is 14.5 Å². The lowest BCUT2D eigenvalue weighted by molar-refractivity contribution is -0.120. The molecule has 30 heavy (non-hydrogen) atoms. The third-order valence-electron chi connectivity index (χ3n) is 4.55. The van der Waals surface area contributed by atoms with Crippen LogP contribution < -0.4 is 15.8 Å². The number of anilines is 1. The van der Waals surface area contributed by atoms with Crippen LogP contribution in [-0.2, 0) is 9.53 Å². The summed E-state index contributed by atoms with van der Waals surface area (Å²) in [6, 6.07) is 3.64. The standard InChI is InChI=1S/C20H24FN3O6/c1-20(2,3)30-19(27)24-9-10(21)7-13(24)18(26)23-15-12-8-11(28-4)5-6-14(12)29-16(15)17(22)25/h5-6,8,10,13H,7,9H2,1-4H3,(H2,22,25)(H,23,26). The molecule has 0 radical (unpaired) electrons. The molecule has 2 atom stereocenters. The molecular weight excluding hydrogens is 397 g/mol. The zero-order chi connectivity index (χ0) is 22.2. The number of rotatable bonds is 4. The molecule has 10 heteroatoms. The number of nitrogens with zero attached hydrogens (tertiary/aromatic N) is 1. The van der Waals surface area contributed by atoms with E-state index in [-0.39, 0.29) is 24.4 Å². The fourth-order valence-corrected chi connectivity index (χ4v) is 3.26. The number of benzene rings is 1. The normalized spacial score (nSPS) is 19.0. The van der Waals surface area contributed by atoms with Crippen LogP contribution in [0, 0.1) is 0 Å². The summed E-state index contributed by atoms with van der Waals surface area (Å²) in [5, 5.41) is 2.96. The Morgan fingerprint density at radius 2 is 2.00 bits per heavy atom. The first kappa shape index (κ1) is 21.4. The van der Waals surface area contributed by atoms with E-state index in [0.29, 0.717) is 16.7 Å². The first-order chi connectivity index (χ1) is 14.0. The minimum absolute atomic E-state index is 0.0350. The largest absolute Gasteiger partial charge is 0.497 e. The second kappa shape index (κ2) is 7.85. The van der Waals surface area contributed by atoms with Crippen molar-refractivity contribution in [2.24, 2.45) is 5.73 Å². The molecule has 1 aromatic carbocycles. The average molecular weight is 421 g/mol. The first-order valence-electron chi connectivity index (χ1n) is 9.35. The number of carbonyl (C=O) groups is 3. The van der Waals surface area contributed by atoms with E-state index in [0.717, 1.165) is 4.90 Å². The molecule has 0 bridgehead atoms. The lowest BCUT2D eigenvalue weighted by Crippen LogP contribution is -2.45. The number of furan rings is 1. The van der Waals surface area contributed by atoms with Crippen molar-refractivity contribution in [2.45, 2.75) is 45.0 Å². The minimum Gasteiger partial charge on any atom is -0.497 e. The summed E-state index contributed by atoms with van der Waals surface area (Å²) in [5.74, 6) is -1.37. The molecule has 3 rings (SSSR count). The van der Waals surface area contributed by atoms with Crippen LogP contribution in [0.1, 0.15) is 37.7 Å². The molecule has 1 aliphatic heterocycles. The number of nitrogens with one attached hydrogen (secondary N) is 1. The van der Waals surface area contributed by atoms with Crippen molar-refractivity contribution < 1.29 is 32.7 Å². The van der Waals surface area contributed by atoms with E-state index >= 15 is 0 Å². The summed E-state index contributed by atoms with van der Waals surface area (Å²) in [6.45, 7) is 4.75. The number of hydrogen-bond acceptors (Lipinski definition) is 6. The number of fused-ring (bicyclic) bond motifs is 1. The number of methoxy groups -OCH3 is 1. The van der Waals surface area contributed by atoms with Gasteiger partial charge in [0.05, 0.1) is 13.7 Å². The maximum atomic E-state index is 14.1. The zero-order valence-electron chi connectivity index (χ0n) is 17.2. The van der Waals surface area contributed by atoms with Crippen LogP contribution in [0.5, 0.6) is 5.75 Å². The van der Waals surface area contributed by atoms with E-state index in [2.05, 4.69) is 5.32 Å².